The van der Waals surface area contributed by atoms with E-state index in [4.69, 9.17) is 0 Å². The van der Waals surface area contributed by atoms with Gasteiger partial charge in [0, 0.05) is 37.8 Å². The van der Waals surface area contributed by atoms with E-state index >= 15 is 0 Å². The van der Waals surface area contributed by atoms with Crippen molar-refractivity contribution in [1.82, 2.24) is 10.2 Å². The topological polar surface area (TPSA) is 95.8 Å². The minimum absolute atomic E-state index is 0.0724. The number of rotatable bonds is 5. The summed E-state index contributed by atoms with van der Waals surface area (Å²) < 4.78 is 38.7. The molecular formula is C22H23F3N4O4. The number of benzene rings is 2. The normalized spacial score (nSPS) is 14.2. The van der Waals surface area contributed by atoms with Crippen molar-refractivity contribution in [3.63, 3.8) is 0 Å². The number of hydrogen-bond donors (Lipinski definition) is 1. The Kier molecular flexibility index (Phi) is 6.89. The zero-order valence-corrected chi connectivity index (χ0v) is 18.1. The van der Waals surface area contributed by atoms with Crippen molar-refractivity contribution in [2.45, 2.75) is 20.0 Å². The maximum absolute atomic E-state index is 12.9. The highest BCUT2D eigenvalue weighted by Gasteiger charge is 2.34. The molecule has 0 saturated carbocycles. The SMILES string of the molecule is Cc1cc(C)cc(C(=O)NCC(=O)N2CCN(c3ccc(C(F)(F)F)cc3[N+](=O)[O-])CC2)c1. The summed E-state index contributed by atoms with van der Waals surface area (Å²) in [4.78, 5) is 38.4. The average Bonchev–Trinajstić information content (AvgIpc) is 2.75. The number of piperazine rings is 1. The first-order chi connectivity index (χ1) is 15.5. The van der Waals surface area contributed by atoms with Gasteiger partial charge in [0.15, 0.2) is 0 Å². The maximum Gasteiger partial charge on any atom is 0.416 e. The van der Waals surface area contributed by atoms with Crippen molar-refractivity contribution in [3.8, 4) is 0 Å². The van der Waals surface area contributed by atoms with Gasteiger partial charge in [-0.3, -0.25) is 19.7 Å². The Morgan fingerprint density at radius 1 is 1.03 bits per heavy atom. The van der Waals surface area contributed by atoms with Gasteiger partial charge in [0.05, 0.1) is 17.0 Å². The number of nitro benzene ring substituents is 1. The molecule has 0 unspecified atom stereocenters. The van der Waals surface area contributed by atoms with Gasteiger partial charge in [-0.2, -0.15) is 13.2 Å². The Balaban J connectivity index is 1.60. The molecule has 0 spiro atoms. The molecule has 33 heavy (non-hydrogen) atoms. The van der Waals surface area contributed by atoms with E-state index in [-0.39, 0.29) is 50.2 Å². The molecule has 176 valence electrons. The molecule has 11 heteroatoms. The van der Waals surface area contributed by atoms with Crippen LogP contribution in [0.15, 0.2) is 36.4 Å². The van der Waals surface area contributed by atoms with Crippen LogP contribution < -0.4 is 10.2 Å². The van der Waals surface area contributed by atoms with Crippen LogP contribution >= 0.6 is 0 Å². The lowest BCUT2D eigenvalue weighted by Gasteiger charge is -2.36. The third-order valence-corrected chi connectivity index (χ3v) is 5.36. The zero-order valence-electron chi connectivity index (χ0n) is 18.1. The summed E-state index contributed by atoms with van der Waals surface area (Å²) in [6.45, 7) is 4.40. The number of carbonyl (C=O) groups is 2. The highest BCUT2D eigenvalue weighted by atomic mass is 19.4. The summed E-state index contributed by atoms with van der Waals surface area (Å²) in [6, 6.07) is 7.80. The molecule has 1 fully saturated rings. The summed E-state index contributed by atoms with van der Waals surface area (Å²) in [5.74, 6) is -0.677. The summed E-state index contributed by atoms with van der Waals surface area (Å²) >= 11 is 0. The van der Waals surface area contributed by atoms with Crippen molar-refractivity contribution >= 4 is 23.2 Å². The van der Waals surface area contributed by atoms with E-state index in [1.165, 1.54) is 4.90 Å². The van der Waals surface area contributed by atoms with E-state index in [2.05, 4.69) is 5.32 Å². The van der Waals surface area contributed by atoms with Crippen molar-refractivity contribution < 1.29 is 27.7 Å². The highest BCUT2D eigenvalue weighted by molar-refractivity contribution is 5.96. The Morgan fingerprint density at radius 3 is 2.18 bits per heavy atom. The monoisotopic (exact) mass is 464 g/mol. The van der Waals surface area contributed by atoms with Crippen LogP contribution in [0.5, 0.6) is 0 Å². The van der Waals surface area contributed by atoms with Crippen LogP contribution in [-0.4, -0.2) is 54.4 Å². The number of alkyl halides is 3. The van der Waals surface area contributed by atoms with E-state index in [0.29, 0.717) is 11.6 Å². The van der Waals surface area contributed by atoms with Crippen LogP contribution in [0.4, 0.5) is 24.5 Å². The fraction of sp³-hybridized carbons (Fsp3) is 0.364. The number of nitrogens with zero attached hydrogens (tertiary/aromatic N) is 3. The van der Waals surface area contributed by atoms with Crippen LogP contribution in [0.3, 0.4) is 0 Å². The van der Waals surface area contributed by atoms with Gasteiger partial charge in [-0.15, -0.1) is 0 Å². The molecule has 0 radical (unpaired) electrons. The van der Waals surface area contributed by atoms with Gasteiger partial charge in [-0.25, -0.2) is 0 Å². The Bertz CT molecular complexity index is 1060. The second kappa shape index (κ2) is 9.47. The molecule has 1 saturated heterocycles. The van der Waals surface area contributed by atoms with E-state index in [1.807, 2.05) is 19.9 Å². The van der Waals surface area contributed by atoms with Crippen LogP contribution in [0, 0.1) is 24.0 Å². The van der Waals surface area contributed by atoms with E-state index in [0.717, 1.165) is 23.3 Å². The fourth-order valence-electron chi connectivity index (χ4n) is 3.79. The second-order valence-electron chi connectivity index (χ2n) is 7.89. The first-order valence-electron chi connectivity index (χ1n) is 10.2. The predicted octanol–water partition coefficient (Wildman–Crippen LogP) is 3.31. The molecule has 0 bridgehead atoms. The van der Waals surface area contributed by atoms with Crippen molar-refractivity contribution in [3.05, 3.63) is 68.8 Å². The summed E-state index contributed by atoms with van der Waals surface area (Å²) in [6.07, 6.45) is -4.68. The minimum atomic E-state index is -4.68. The van der Waals surface area contributed by atoms with Gasteiger partial charge in [0.25, 0.3) is 11.6 Å². The van der Waals surface area contributed by atoms with Crippen LogP contribution in [0.25, 0.3) is 0 Å². The number of halogens is 3. The molecule has 1 aliphatic rings. The quantitative estimate of drug-likeness (QED) is 0.541. The van der Waals surface area contributed by atoms with Crippen LogP contribution in [0.2, 0.25) is 0 Å². The molecule has 3 rings (SSSR count). The maximum atomic E-state index is 12.9. The Morgan fingerprint density at radius 2 is 1.64 bits per heavy atom. The van der Waals surface area contributed by atoms with E-state index in [1.54, 1.807) is 17.0 Å². The molecule has 0 atom stereocenters. The molecule has 8 nitrogen and oxygen atoms in total. The average molecular weight is 464 g/mol. The van der Waals surface area contributed by atoms with Gasteiger partial charge in [-0.1, -0.05) is 17.2 Å². The van der Waals surface area contributed by atoms with Gasteiger partial charge in [0.1, 0.15) is 5.69 Å². The molecule has 1 heterocycles. The number of anilines is 1. The molecule has 0 aromatic heterocycles. The lowest BCUT2D eigenvalue weighted by Crippen LogP contribution is -2.51. The number of hydrogen-bond acceptors (Lipinski definition) is 5. The van der Waals surface area contributed by atoms with Crippen molar-refractivity contribution in [2.24, 2.45) is 0 Å². The smallest absolute Gasteiger partial charge is 0.362 e. The van der Waals surface area contributed by atoms with Gasteiger partial charge < -0.3 is 15.1 Å². The first-order valence-corrected chi connectivity index (χ1v) is 10.2. The summed E-state index contributed by atoms with van der Waals surface area (Å²) in [5, 5.41) is 13.9. The van der Waals surface area contributed by atoms with Crippen LogP contribution in [-0.2, 0) is 11.0 Å². The lowest BCUT2D eigenvalue weighted by atomic mass is 10.1. The summed E-state index contributed by atoms with van der Waals surface area (Å²) in [7, 11) is 0. The predicted molar refractivity (Wildman–Crippen MR) is 115 cm³/mol. The third-order valence-electron chi connectivity index (χ3n) is 5.36. The Hall–Kier alpha value is -3.63. The van der Waals surface area contributed by atoms with Gasteiger partial charge in [0.2, 0.25) is 5.91 Å². The molecule has 1 N–H and O–H groups in total. The fourth-order valence-corrected chi connectivity index (χ4v) is 3.79. The lowest BCUT2D eigenvalue weighted by molar-refractivity contribution is -0.384. The van der Waals surface area contributed by atoms with E-state index < -0.39 is 22.4 Å². The number of aryl methyl sites for hydroxylation is 2. The van der Waals surface area contributed by atoms with Crippen molar-refractivity contribution in [2.75, 3.05) is 37.6 Å². The molecule has 1 aliphatic heterocycles. The second-order valence-corrected chi connectivity index (χ2v) is 7.89. The first kappa shape index (κ1) is 24.0. The van der Waals surface area contributed by atoms with Crippen LogP contribution in [0.1, 0.15) is 27.0 Å². The molecule has 2 amide bonds. The number of carbonyl (C=O) groups excluding carboxylic acids is 2. The molecule has 2 aromatic carbocycles. The Labute approximate surface area is 188 Å². The zero-order chi connectivity index (χ0) is 24.3. The molecule has 0 aliphatic carbocycles. The number of nitrogens with one attached hydrogen (secondary N) is 1. The van der Waals surface area contributed by atoms with Crippen molar-refractivity contribution in [1.29, 1.82) is 0 Å². The minimum Gasteiger partial charge on any atom is -0.362 e. The largest absolute Gasteiger partial charge is 0.416 e. The number of nitro groups is 1. The van der Waals surface area contributed by atoms with Gasteiger partial charge >= 0.3 is 6.18 Å². The standard InChI is InChI=1S/C22H23F3N4O4/c1-14-9-15(2)11-16(10-14)21(31)26-13-20(30)28-7-5-27(6-8-28)18-4-3-17(22(23,24)25)12-19(18)29(32)33/h3-4,9-12H,5-8,13H2,1-2H3,(H,26,31). The molecule has 2 aromatic rings. The van der Waals surface area contributed by atoms with Gasteiger partial charge in [-0.05, 0) is 38.1 Å². The summed E-state index contributed by atoms with van der Waals surface area (Å²) in [5.41, 5.74) is 0.666. The number of amides is 2. The third kappa shape index (κ3) is 5.79. The van der Waals surface area contributed by atoms with E-state index in [9.17, 15) is 32.9 Å². The molecular weight excluding hydrogens is 441 g/mol. The highest BCUT2D eigenvalue weighted by Crippen LogP contribution is 2.36.